The highest BCUT2D eigenvalue weighted by Gasteiger charge is 2.07. The van der Waals surface area contributed by atoms with Crippen LogP contribution in [0.1, 0.15) is 31.5 Å². The number of thioether (sulfide) groups is 1. The molecular weight excluding hydrogens is 294 g/mol. The quantitative estimate of drug-likeness (QED) is 0.790. The van der Waals surface area contributed by atoms with Gasteiger partial charge in [0.15, 0.2) is 5.82 Å². The van der Waals surface area contributed by atoms with Gasteiger partial charge in [-0.25, -0.2) is 0 Å². The molecule has 1 atom stereocenters. The predicted octanol–water partition coefficient (Wildman–Crippen LogP) is 3.69. The van der Waals surface area contributed by atoms with Gasteiger partial charge in [0.2, 0.25) is 5.89 Å². The van der Waals surface area contributed by atoms with Crippen molar-refractivity contribution < 1.29 is 4.52 Å². The molecule has 1 unspecified atom stereocenters. The highest BCUT2D eigenvalue weighted by atomic mass is 35.5. The summed E-state index contributed by atoms with van der Waals surface area (Å²) in [4.78, 5) is 5.51. The van der Waals surface area contributed by atoms with E-state index in [9.17, 15) is 0 Å². The van der Waals surface area contributed by atoms with Crippen molar-refractivity contribution in [3.8, 4) is 0 Å². The molecule has 0 fully saturated rings. The molecule has 108 valence electrons. The summed E-state index contributed by atoms with van der Waals surface area (Å²) >= 11 is 7.51. The molecule has 0 amide bonds. The lowest BCUT2D eigenvalue weighted by molar-refractivity contribution is 0.369. The predicted molar refractivity (Wildman–Crippen MR) is 81.9 cm³/mol. The van der Waals surface area contributed by atoms with E-state index in [1.165, 1.54) is 0 Å². The molecule has 0 bridgehead atoms. The molecule has 2 N–H and O–H groups in total. The Morgan fingerprint density at radius 3 is 2.80 bits per heavy atom. The first-order valence-electron chi connectivity index (χ1n) is 6.59. The van der Waals surface area contributed by atoms with E-state index in [1.807, 2.05) is 31.2 Å². The summed E-state index contributed by atoms with van der Waals surface area (Å²) in [6.07, 6.45) is 2.74. The van der Waals surface area contributed by atoms with E-state index in [-0.39, 0.29) is 6.04 Å². The summed E-state index contributed by atoms with van der Waals surface area (Å²) in [6, 6.07) is 7.93. The average Bonchev–Trinajstić information content (AvgIpc) is 2.86. The second kappa shape index (κ2) is 7.67. The fourth-order valence-corrected chi connectivity index (χ4v) is 2.57. The molecule has 0 aliphatic carbocycles. The minimum Gasteiger partial charge on any atom is -0.339 e. The first-order valence-corrected chi connectivity index (χ1v) is 7.95. The molecule has 4 nitrogen and oxygen atoms in total. The highest BCUT2D eigenvalue weighted by molar-refractivity contribution is 7.98. The van der Waals surface area contributed by atoms with E-state index in [4.69, 9.17) is 21.9 Å². The molecule has 2 aromatic rings. The van der Waals surface area contributed by atoms with Crippen molar-refractivity contribution in [3.63, 3.8) is 0 Å². The zero-order chi connectivity index (χ0) is 14.4. The van der Waals surface area contributed by atoms with Crippen LogP contribution in [0.4, 0.5) is 0 Å². The van der Waals surface area contributed by atoms with E-state index in [0.29, 0.717) is 11.6 Å². The van der Waals surface area contributed by atoms with Crippen LogP contribution in [-0.2, 0) is 12.2 Å². The van der Waals surface area contributed by atoms with Gasteiger partial charge in [-0.2, -0.15) is 4.98 Å². The molecule has 0 saturated heterocycles. The van der Waals surface area contributed by atoms with Gasteiger partial charge in [0.1, 0.15) is 0 Å². The Kier molecular flexibility index (Phi) is 5.88. The van der Waals surface area contributed by atoms with E-state index in [0.717, 1.165) is 35.0 Å². The van der Waals surface area contributed by atoms with E-state index in [2.05, 4.69) is 10.1 Å². The van der Waals surface area contributed by atoms with Gasteiger partial charge in [-0.15, -0.1) is 11.8 Å². The van der Waals surface area contributed by atoms with Crippen LogP contribution >= 0.6 is 23.4 Å². The van der Waals surface area contributed by atoms with Crippen LogP contribution in [0.25, 0.3) is 0 Å². The summed E-state index contributed by atoms with van der Waals surface area (Å²) in [6.45, 7) is 2.00. The van der Waals surface area contributed by atoms with Crippen LogP contribution in [0.2, 0.25) is 5.02 Å². The first-order chi connectivity index (χ1) is 9.63. The Morgan fingerprint density at radius 1 is 1.35 bits per heavy atom. The van der Waals surface area contributed by atoms with Gasteiger partial charge in [-0.1, -0.05) is 16.8 Å². The number of hydrogen-bond acceptors (Lipinski definition) is 5. The SMILES string of the molecule is CC(N)CCCc1nc(CSc2ccc(Cl)cc2)no1. The number of rotatable bonds is 7. The maximum absolute atomic E-state index is 5.84. The van der Waals surface area contributed by atoms with E-state index < -0.39 is 0 Å². The maximum Gasteiger partial charge on any atom is 0.226 e. The van der Waals surface area contributed by atoms with Crippen LogP contribution < -0.4 is 5.73 Å². The standard InChI is InChI=1S/C14H18ClN3OS/c1-10(16)3-2-4-14-17-13(18-19-14)9-20-12-7-5-11(15)6-8-12/h5-8,10H,2-4,9,16H2,1H3. The Bertz CT molecular complexity index is 527. The topological polar surface area (TPSA) is 64.9 Å². The third-order valence-corrected chi connectivity index (χ3v) is 4.00. The van der Waals surface area contributed by atoms with Gasteiger partial charge < -0.3 is 10.3 Å². The highest BCUT2D eigenvalue weighted by Crippen LogP contribution is 2.23. The summed E-state index contributed by atoms with van der Waals surface area (Å²) < 4.78 is 5.22. The lowest BCUT2D eigenvalue weighted by Crippen LogP contribution is -2.14. The number of nitrogens with two attached hydrogens (primary N) is 1. The molecule has 0 radical (unpaired) electrons. The normalized spacial score (nSPS) is 12.6. The second-order valence-corrected chi connectivity index (χ2v) is 6.20. The smallest absolute Gasteiger partial charge is 0.226 e. The summed E-state index contributed by atoms with van der Waals surface area (Å²) in [5, 5.41) is 4.72. The Morgan fingerprint density at radius 2 is 2.10 bits per heavy atom. The number of benzene rings is 1. The van der Waals surface area contributed by atoms with Crippen molar-refractivity contribution in [3.05, 3.63) is 41.0 Å². The molecule has 2 rings (SSSR count). The molecule has 0 spiro atoms. The molecule has 1 aromatic heterocycles. The fraction of sp³-hybridized carbons (Fsp3) is 0.429. The van der Waals surface area contributed by atoms with Gasteiger partial charge in [0.25, 0.3) is 0 Å². The minimum absolute atomic E-state index is 0.220. The van der Waals surface area contributed by atoms with Crippen molar-refractivity contribution in [1.29, 1.82) is 0 Å². The number of aryl methyl sites for hydroxylation is 1. The molecule has 1 heterocycles. The maximum atomic E-state index is 5.84. The van der Waals surface area contributed by atoms with Gasteiger partial charge >= 0.3 is 0 Å². The molecule has 20 heavy (non-hydrogen) atoms. The third-order valence-electron chi connectivity index (χ3n) is 2.74. The molecule has 1 aromatic carbocycles. The van der Waals surface area contributed by atoms with Crippen molar-refractivity contribution >= 4 is 23.4 Å². The largest absolute Gasteiger partial charge is 0.339 e. The molecule has 0 aliphatic heterocycles. The van der Waals surface area contributed by atoms with Crippen molar-refractivity contribution in [2.75, 3.05) is 0 Å². The van der Waals surface area contributed by atoms with Crippen LogP contribution in [-0.4, -0.2) is 16.2 Å². The zero-order valence-electron chi connectivity index (χ0n) is 11.4. The van der Waals surface area contributed by atoms with E-state index >= 15 is 0 Å². The van der Waals surface area contributed by atoms with E-state index in [1.54, 1.807) is 11.8 Å². The number of nitrogens with zero attached hydrogens (tertiary/aromatic N) is 2. The number of aromatic nitrogens is 2. The van der Waals surface area contributed by atoms with Gasteiger partial charge in [-0.05, 0) is 44.0 Å². The van der Waals surface area contributed by atoms with Crippen LogP contribution in [0.3, 0.4) is 0 Å². The van der Waals surface area contributed by atoms with Crippen LogP contribution in [0.15, 0.2) is 33.7 Å². The second-order valence-electron chi connectivity index (χ2n) is 4.72. The van der Waals surface area contributed by atoms with Crippen LogP contribution in [0.5, 0.6) is 0 Å². The Balaban J connectivity index is 1.79. The Labute approximate surface area is 128 Å². The lowest BCUT2D eigenvalue weighted by Gasteiger charge is -2.00. The summed E-state index contributed by atoms with van der Waals surface area (Å²) in [5.41, 5.74) is 5.71. The third kappa shape index (κ3) is 5.15. The van der Waals surface area contributed by atoms with Crippen molar-refractivity contribution in [2.24, 2.45) is 5.73 Å². The molecular formula is C14H18ClN3OS. The Hall–Kier alpha value is -1.04. The van der Waals surface area contributed by atoms with Crippen molar-refractivity contribution in [1.82, 2.24) is 10.1 Å². The van der Waals surface area contributed by atoms with Gasteiger partial charge in [0, 0.05) is 22.4 Å². The molecule has 6 heteroatoms. The van der Waals surface area contributed by atoms with Gasteiger partial charge in [0.05, 0.1) is 5.75 Å². The molecule has 0 aliphatic rings. The molecule has 0 saturated carbocycles. The number of halogens is 1. The fourth-order valence-electron chi connectivity index (χ4n) is 1.70. The van der Waals surface area contributed by atoms with Crippen molar-refractivity contribution in [2.45, 2.75) is 42.9 Å². The van der Waals surface area contributed by atoms with Gasteiger partial charge in [-0.3, -0.25) is 0 Å². The van der Waals surface area contributed by atoms with Crippen LogP contribution in [0, 0.1) is 0 Å². The summed E-state index contributed by atoms with van der Waals surface area (Å²) in [5.74, 6) is 2.11. The number of hydrogen-bond donors (Lipinski definition) is 1. The minimum atomic E-state index is 0.220. The average molecular weight is 312 g/mol. The monoisotopic (exact) mass is 311 g/mol. The summed E-state index contributed by atoms with van der Waals surface area (Å²) in [7, 11) is 0. The lowest BCUT2D eigenvalue weighted by atomic mass is 10.1. The zero-order valence-corrected chi connectivity index (χ0v) is 13.0. The first kappa shape index (κ1) is 15.4.